The minimum atomic E-state index is 0.292. The molecule has 0 unspecified atom stereocenters. The fourth-order valence-electron chi connectivity index (χ4n) is 1.47. The molecule has 108 valence electrons. The van der Waals surface area contributed by atoms with Crippen molar-refractivity contribution in [2.24, 2.45) is 0 Å². The minimum Gasteiger partial charge on any atom is -0.354 e. The summed E-state index contributed by atoms with van der Waals surface area (Å²) in [5.41, 5.74) is 0. The molecule has 20 heavy (non-hydrogen) atoms. The molecule has 0 amide bonds. The van der Waals surface area contributed by atoms with E-state index in [2.05, 4.69) is 51.1 Å². The molecule has 2 heterocycles. The van der Waals surface area contributed by atoms with Gasteiger partial charge in [-0.1, -0.05) is 6.92 Å². The maximum Gasteiger partial charge on any atom is 0.258 e. The highest BCUT2D eigenvalue weighted by Gasteiger charge is 2.13. The van der Waals surface area contributed by atoms with Crippen molar-refractivity contribution in [2.75, 3.05) is 23.8 Å². The van der Waals surface area contributed by atoms with Crippen LogP contribution in [0.5, 0.6) is 0 Å². The van der Waals surface area contributed by atoms with Crippen LogP contribution in [0.1, 0.15) is 27.2 Å². The van der Waals surface area contributed by atoms with Gasteiger partial charge >= 0.3 is 0 Å². The number of rotatable bonds is 6. The SMILES string of the molecule is CCCNc1nc(N(C)C(C)C)nc(-n2cncn2)n1. The standard InChI is InChI=1S/C12H20N8/c1-5-6-14-10-16-11(19(4)9(2)3)18-12(17-10)20-8-13-7-15-20/h7-9H,5-6H2,1-4H3,(H,14,16,17,18). The molecule has 0 atom stereocenters. The zero-order valence-corrected chi connectivity index (χ0v) is 12.3. The Hall–Kier alpha value is -2.25. The van der Waals surface area contributed by atoms with Crippen LogP contribution < -0.4 is 10.2 Å². The lowest BCUT2D eigenvalue weighted by molar-refractivity contribution is 0.711. The predicted octanol–water partition coefficient (Wildman–Crippen LogP) is 1.12. The number of nitrogens with zero attached hydrogens (tertiary/aromatic N) is 7. The van der Waals surface area contributed by atoms with Crippen LogP contribution in [0.25, 0.3) is 5.95 Å². The summed E-state index contributed by atoms with van der Waals surface area (Å²) >= 11 is 0. The molecule has 0 saturated carbocycles. The second-order valence-electron chi connectivity index (χ2n) is 4.73. The monoisotopic (exact) mass is 276 g/mol. The van der Waals surface area contributed by atoms with E-state index in [1.165, 1.54) is 11.0 Å². The smallest absolute Gasteiger partial charge is 0.258 e. The molecule has 0 bridgehead atoms. The Morgan fingerprint density at radius 1 is 1.30 bits per heavy atom. The topological polar surface area (TPSA) is 84.7 Å². The van der Waals surface area contributed by atoms with Gasteiger partial charge in [0, 0.05) is 19.6 Å². The van der Waals surface area contributed by atoms with Gasteiger partial charge in [-0.3, -0.25) is 0 Å². The van der Waals surface area contributed by atoms with E-state index < -0.39 is 0 Å². The van der Waals surface area contributed by atoms with Crippen LogP contribution in [0.4, 0.5) is 11.9 Å². The molecule has 2 aromatic rings. The lowest BCUT2D eigenvalue weighted by Gasteiger charge is -2.22. The first kappa shape index (κ1) is 14.2. The van der Waals surface area contributed by atoms with Crippen LogP contribution in [-0.2, 0) is 0 Å². The van der Waals surface area contributed by atoms with Gasteiger partial charge in [0.15, 0.2) is 0 Å². The summed E-state index contributed by atoms with van der Waals surface area (Å²) in [4.78, 5) is 19.1. The van der Waals surface area contributed by atoms with Crippen molar-refractivity contribution in [2.45, 2.75) is 33.2 Å². The summed E-state index contributed by atoms with van der Waals surface area (Å²) in [6.45, 7) is 7.06. The maximum absolute atomic E-state index is 4.43. The second-order valence-corrected chi connectivity index (χ2v) is 4.73. The highest BCUT2D eigenvalue weighted by atomic mass is 15.4. The molecule has 0 spiro atoms. The zero-order chi connectivity index (χ0) is 14.5. The van der Waals surface area contributed by atoms with E-state index in [-0.39, 0.29) is 0 Å². The predicted molar refractivity (Wildman–Crippen MR) is 77.1 cm³/mol. The highest BCUT2D eigenvalue weighted by molar-refractivity contribution is 5.39. The third-order valence-electron chi connectivity index (χ3n) is 2.86. The number of hydrogen-bond donors (Lipinski definition) is 1. The molecular weight excluding hydrogens is 256 g/mol. The lowest BCUT2D eigenvalue weighted by atomic mass is 10.4. The van der Waals surface area contributed by atoms with Gasteiger partial charge in [-0.15, -0.1) is 0 Å². The Bertz CT molecular complexity index is 536. The van der Waals surface area contributed by atoms with E-state index in [0.29, 0.717) is 23.9 Å². The number of aromatic nitrogens is 6. The average molecular weight is 276 g/mol. The minimum absolute atomic E-state index is 0.292. The lowest BCUT2D eigenvalue weighted by Crippen LogP contribution is -2.28. The molecule has 1 N–H and O–H groups in total. The average Bonchev–Trinajstić information content (AvgIpc) is 2.98. The normalized spacial score (nSPS) is 10.8. The van der Waals surface area contributed by atoms with Crippen molar-refractivity contribution in [3.8, 4) is 5.95 Å². The quantitative estimate of drug-likeness (QED) is 0.846. The van der Waals surface area contributed by atoms with Crippen molar-refractivity contribution in [1.29, 1.82) is 0 Å². The largest absolute Gasteiger partial charge is 0.354 e. The van der Waals surface area contributed by atoms with Crippen molar-refractivity contribution in [3.63, 3.8) is 0 Å². The van der Waals surface area contributed by atoms with E-state index in [1.807, 2.05) is 11.9 Å². The molecule has 8 nitrogen and oxygen atoms in total. The van der Waals surface area contributed by atoms with E-state index in [4.69, 9.17) is 0 Å². The van der Waals surface area contributed by atoms with Gasteiger partial charge < -0.3 is 10.2 Å². The van der Waals surface area contributed by atoms with Crippen LogP contribution in [0.15, 0.2) is 12.7 Å². The Morgan fingerprint density at radius 3 is 2.70 bits per heavy atom. The van der Waals surface area contributed by atoms with Crippen molar-refractivity contribution < 1.29 is 0 Å². The van der Waals surface area contributed by atoms with Gasteiger partial charge in [-0.2, -0.15) is 24.7 Å². The fraction of sp³-hybridized carbons (Fsp3) is 0.583. The Balaban J connectivity index is 2.38. The first-order valence-electron chi connectivity index (χ1n) is 6.69. The van der Waals surface area contributed by atoms with Gasteiger partial charge in [0.25, 0.3) is 5.95 Å². The summed E-state index contributed by atoms with van der Waals surface area (Å²) in [7, 11) is 1.95. The number of hydrogen-bond acceptors (Lipinski definition) is 7. The Labute approximate surface area is 118 Å². The number of nitrogens with one attached hydrogen (secondary N) is 1. The molecule has 0 aliphatic rings. The first-order chi connectivity index (χ1) is 9.61. The van der Waals surface area contributed by atoms with E-state index >= 15 is 0 Å². The third kappa shape index (κ3) is 3.19. The van der Waals surface area contributed by atoms with Crippen LogP contribution in [0.3, 0.4) is 0 Å². The molecule has 0 aromatic carbocycles. The summed E-state index contributed by atoms with van der Waals surface area (Å²) in [5, 5.41) is 7.24. The van der Waals surface area contributed by atoms with E-state index in [0.717, 1.165) is 13.0 Å². The number of anilines is 2. The van der Waals surface area contributed by atoms with Crippen LogP contribution in [-0.4, -0.2) is 49.4 Å². The molecule has 2 aromatic heterocycles. The van der Waals surface area contributed by atoms with Gasteiger partial charge in [-0.25, -0.2) is 4.98 Å². The molecular formula is C12H20N8. The second kappa shape index (κ2) is 6.27. The van der Waals surface area contributed by atoms with Gasteiger partial charge in [0.1, 0.15) is 12.7 Å². The summed E-state index contributed by atoms with van der Waals surface area (Å²) in [5.74, 6) is 1.62. The molecule has 0 fully saturated rings. The first-order valence-corrected chi connectivity index (χ1v) is 6.69. The van der Waals surface area contributed by atoms with Gasteiger partial charge in [-0.05, 0) is 20.3 Å². The summed E-state index contributed by atoms with van der Waals surface area (Å²) in [6.07, 6.45) is 4.02. The van der Waals surface area contributed by atoms with Crippen LogP contribution in [0.2, 0.25) is 0 Å². The molecule has 2 rings (SSSR count). The summed E-state index contributed by atoms with van der Waals surface area (Å²) in [6, 6.07) is 0.292. The molecule has 0 saturated heterocycles. The van der Waals surface area contributed by atoms with E-state index in [9.17, 15) is 0 Å². The van der Waals surface area contributed by atoms with Gasteiger partial charge in [0.05, 0.1) is 0 Å². The Morgan fingerprint density at radius 2 is 2.10 bits per heavy atom. The third-order valence-corrected chi connectivity index (χ3v) is 2.86. The van der Waals surface area contributed by atoms with E-state index in [1.54, 1.807) is 6.33 Å². The van der Waals surface area contributed by atoms with Crippen LogP contribution >= 0.6 is 0 Å². The van der Waals surface area contributed by atoms with Crippen molar-refractivity contribution >= 4 is 11.9 Å². The van der Waals surface area contributed by atoms with Gasteiger partial charge in [0.2, 0.25) is 11.9 Å². The van der Waals surface area contributed by atoms with Crippen LogP contribution in [0, 0.1) is 0 Å². The molecule has 0 aliphatic heterocycles. The molecule has 0 radical (unpaired) electrons. The fourth-order valence-corrected chi connectivity index (χ4v) is 1.47. The Kier molecular flexibility index (Phi) is 4.44. The highest BCUT2D eigenvalue weighted by Crippen LogP contribution is 2.13. The zero-order valence-electron chi connectivity index (χ0n) is 12.3. The maximum atomic E-state index is 4.43. The van der Waals surface area contributed by atoms with Crippen molar-refractivity contribution in [1.82, 2.24) is 29.7 Å². The summed E-state index contributed by atoms with van der Waals surface area (Å²) < 4.78 is 1.52. The van der Waals surface area contributed by atoms with Crippen molar-refractivity contribution in [3.05, 3.63) is 12.7 Å². The molecule has 8 heteroatoms. The molecule has 0 aliphatic carbocycles.